The Morgan fingerprint density at radius 1 is 1.19 bits per heavy atom. The van der Waals surface area contributed by atoms with Crippen molar-refractivity contribution in [2.45, 2.75) is 31.1 Å². The van der Waals surface area contributed by atoms with Crippen LogP contribution in [0.3, 0.4) is 0 Å². The first-order valence-corrected chi connectivity index (χ1v) is 9.57. The van der Waals surface area contributed by atoms with Crippen LogP contribution in [0.1, 0.15) is 24.3 Å². The number of hydrogen-bond acceptors (Lipinski definition) is 7. The molecule has 9 heteroatoms. The number of oxazole rings is 1. The van der Waals surface area contributed by atoms with Crippen molar-refractivity contribution in [2.75, 3.05) is 20.2 Å². The van der Waals surface area contributed by atoms with Crippen molar-refractivity contribution in [3.63, 3.8) is 0 Å². The van der Waals surface area contributed by atoms with Crippen LogP contribution >= 0.6 is 0 Å². The van der Waals surface area contributed by atoms with Gasteiger partial charge in [-0.3, -0.25) is 0 Å². The maximum Gasteiger partial charge on any atom is 0.361 e. The number of ether oxygens (including phenoxy) is 2. The fraction of sp³-hybridized carbons (Fsp3) is 0.412. The van der Waals surface area contributed by atoms with Gasteiger partial charge in [-0.2, -0.15) is 4.31 Å². The predicted octanol–water partition coefficient (Wildman–Crippen LogP) is 1.93. The van der Waals surface area contributed by atoms with Crippen LogP contribution in [0.4, 0.5) is 0 Å². The Kier molecular flexibility index (Phi) is 5.12. The highest BCUT2D eigenvalue weighted by molar-refractivity contribution is 7.89. The van der Waals surface area contributed by atoms with Crippen LogP contribution in [0.5, 0.6) is 0 Å². The van der Waals surface area contributed by atoms with Gasteiger partial charge >= 0.3 is 5.97 Å². The number of methoxy groups -OCH3 is 1. The van der Waals surface area contributed by atoms with E-state index in [-0.39, 0.29) is 36.9 Å². The van der Waals surface area contributed by atoms with Crippen LogP contribution in [0.15, 0.2) is 39.8 Å². The van der Waals surface area contributed by atoms with Crippen molar-refractivity contribution < 1.29 is 27.1 Å². The summed E-state index contributed by atoms with van der Waals surface area (Å²) < 4.78 is 43.2. The second kappa shape index (κ2) is 7.18. The monoisotopic (exact) mass is 380 g/mol. The lowest BCUT2D eigenvalue weighted by Gasteiger charge is -2.33. The Hall–Kier alpha value is -2.23. The SMILES string of the molecule is COC(=O)c1nc(-c2ccccc2)oc1S(=O)(=O)N1CC(C)OC(C)C1. The van der Waals surface area contributed by atoms with Crippen LogP contribution in [0.25, 0.3) is 11.5 Å². The molecule has 140 valence electrons. The molecule has 1 aliphatic rings. The minimum Gasteiger partial charge on any atom is -0.464 e. The summed E-state index contributed by atoms with van der Waals surface area (Å²) in [5, 5.41) is -0.510. The number of sulfonamides is 1. The average Bonchev–Trinajstić information content (AvgIpc) is 3.07. The van der Waals surface area contributed by atoms with Crippen molar-refractivity contribution in [1.29, 1.82) is 0 Å². The number of aromatic nitrogens is 1. The molecule has 1 aliphatic heterocycles. The van der Waals surface area contributed by atoms with E-state index in [4.69, 9.17) is 9.15 Å². The van der Waals surface area contributed by atoms with E-state index in [9.17, 15) is 13.2 Å². The maximum atomic E-state index is 13.1. The van der Waals surface area contributed by atoms with E-state index in [0.717, 1.165) is 7.11 Å². The first kappa shape index (κ1) is 18.6. The number of rotatable bonds is 4. The molecule has 1 aromatic heterocycles. The van der Waals surface area contributed by atoms with Gasteiger partial charge in [0, 0.05) is 18.7 Å². The summed E-state index contributed by atoms with van der Waals surface area (Å²) in [5.74, 6) is -0.831. The maximum absolute atomic E-state index is 13.1. The van der Waals surface area contributed by atoms with Gasteiger partial charge < -0.3 is 13.9 Å². The van der Waals surface area contributed by atoms with Crippen LogP contribution < -0.4 is 0 Å². The first-order chi connectivity index (χ1) is 12.3. The number of esters is 1. The fourth-order valence-electron chi connectivity index (χ4n) is 2.86. The smallest absolute Gasteiger partial charge is 0.361 e. The van der Waals surface area contributed by atoms with Crippen molar-refractivity contribution in [1.82, 2.24) is 9.29 Å². The molecule has 2 unspecified atom stereocenters. The van der Waals surface area contributed by atoms with Crippen molar-refractivity contribution in [3.05, 3.63) is 36.0 Å². The number of benzene rings is 1. The normalized spacial score (nSPS) is 21.5. The molecule has 0 radical (unpaired) electrons. The van der Waals surface area contributed by atoms with Gasteiger partial charge in [0.1, 0.15) is 0 Å². The minimum atomic E-state index is -4.08. The summed E-state index contributed by atoms with van der Waals surface area (Å²) in [7, 11) is -2.92. The van der Waals surface area contributed by atoms with Crippen LogP contribution in [-0.2, 0) is 19.5 Å². The third kappa shape index (κ3) is 3.50. The molecule has 0 bridgehead atoms. The molecule has 2 atom stereocenters. The number of morpholine rings is 1. The van der Waals surface area contributed by atoms with Crippen LogP contribution in [-0.4, -0.2) is 56.1 Å². The van der Waals surface area contributed by atoms with Gasteiger partial charge in [0.25, 0.3) is 15.1 Å². The highest BCUT2D eigenvalue weighted by atomic mass is 32.2. The molecule has 3 rings (SSSR count). The zero-order chi connectivity index (χ0) is 18.9. The van der Waals surface area contributed by atoms with E-state index in [1.165, 1.54) is 4.31 Å². The minimum absolute atomic E-state index is 0.0407. The molecule has 2 heterocycles. The Morgan fingerprint density at radius 3 is 2.38 bits per heavy atom. The molecule has 26 heavy (non-hydrogen) atoms. The van der Waals surface area contributed by atoms with E-state index >= 15 is 0 Å². The second-order valence-corrected chi connectivity index (χ2v) is 7.93. The van der Waals surface area contributed by atoms with Crippen LogP contribution in [0, 0.1) is 0 Å². The third-order valence-corrected chi connectivity index (χ3v) is 5.68. The zero-order valence-corrected chi connectivity index (χ0v) is 15.5. The molecule has 1 aromatic carbocycles. The molecule has 1 fully saturated rings. The first-order valence-electron chi connectivity index (χ1n) is 8.13. The van der Waals surface area contributed by atoms with Crippen molar-refractivity contribution in [2.24, 2.45) is 0 Å². The molecule has 0 N–H and O–H groups in total. The Morgan fingerprint density at radius 2 is 1.81 bits per heavy atom. The highest BCUT2D eigenvalue weighted by Gasteiger charge is 2.39. The summed E-state index contributed by atoms with van der Waals surface area (Å²) in [5.41, 5.74) is 0.195. The van der Waals surface area contributed by atoms with Gasteiger partial charge in [0.2, 0.25) is 11.6 Å². The zero-order valence-electron chi connectivity index (χ0n) is 14.7. The number of carbonyl (C=O) groups is 1. The van der Waals surface area contributed by atoms with E-state index < -0.39 is 21.1 Å². The summed E-state index contributed by atoms with van der Waals surface area (Å²) in [4.78, 5) is 16.2. The van der Waals surface area contributed by atoms with Crippen molar-refractivity contribution in [3.8, 4) is 11.5 Å². The molecule has 0 aliphatic carbocycles. The number of nitrogens with zero attached hydrogens (tertiary/aromatic N) is 2. The fourth-order valence-corrected chi connectivity index (χ4v) is 4.46. The van der Waals surface area contributed by atoms with Crippen LogP contribution in [0.2, 0.25) is 0 Å². The Bertz CT molecular complexity index is 883. The summed E-state index contributed by atoms with van der Waals surface area (Å²) in [6.45, 7) is 3.90. The van der Waals surface area contributed by atoms with E-state index in [1.807, 2.05) is 6.07 Å². The second-order valence-electron chi connectivity index (χ2n) is 6.09. The lowest BCUT2D eigenvalue weighted by molar-refractivity contribution is -0.0443. The molecule has 8 nitrogen and oxygen atoms in total. The Labute approximate surface area is 151 Å². The third-order valence-electron chi connectivity index (χ3n) is 3.96. The standard InChI is InChI=1S/C17H20N2O6S/c1-11-9-19(10-12(2)24-11)26(21,22)17-14(16(20)23-3)18-15(25-17)13-7-5-4-6-8-13/h4-8,11-12H,9-10H2,1-3H3. The van der Waals surface area contributed by atoms with Gasteiger partial charge in [0.05, 0.1) is 19.3 Å². The quantitative estimate of drug-likeness (QED) is 0.747. The number of hydrogen-bond donors (Lipinski definition) is 0. The predicted molar refractivity (Wildman–Crippen MR) is 92.0 cm³/mol. The molecular weight excluding hydrogens is 360 g/mol. The molecule has 0 spiro atoms. The summed E-state index contributed by atoms with van der Waals surface area (Å²) in [6.07, 6.45) is -0.543. The van der Waals surface area contributed by atoms with Crippen molar-refractivity contribution >= 4 is 16.0 Å². The molecule has 1 saturated heterocycles. The lowest BCUT2D eigenvalue weighted by atomic mass is 10.2. The molecular formula is C17H20N2O6S. The van der Waals surface area contributed by atoms with E-state index in [0.29, 0.717) is 5.56 Å². The average molecular weight is 380 g/mol. The lowest BCUT2D eigenvalue weighted by Crippen LogP contribution is -2.48. The van der Waals surface area contributed by atoms with Gasteiger partial charge in [-0.05, 0) is 26.0 Å². The topological polar surface area (TPSA) is 98.9 Å². The Balaban J connectivity index is 2.07. The summed E-state index contributed by atoms with van der Waals surface area (Å²) >= 11 is 0. The molecule has 0 amide bonds. The summed E-state index contributed by atoms with van der Waals surface area (Å²) in [6, 6.07) is 8.75. The molecule has 2 aromatic rings. The van der Waals surface area contributed by atoms with Gasteiger partial charge in [-0.15, -0.1) is 0 Å². The number of carbonyl (C=O) groups excluding carboxylic acids is 1. The molecule has 0 saturated carbocycles. The van der Waals surface area contributed by atoms with Gasteiger partial charge in [-0.25, -0.2) is 18.2 Å². The highest BCUT2D eigenvalue weighted by Crippen LogP contribution is 2.29. The van der Waals surface area contributed by atoms with Gasteiger partial charge in [0.15, 0.2) is 0 Å². The largest absolute Gasteiger partial charge is 0.464 e. The van der Waals surface area contributed by atoms with E-state index in [1.54, 1.807) is 38.1 Å². The van der Waals surface area contributed by atoms with E-state index in [2.05, 4.69) is 9.72 Å². The van der Waals surface area contributed by atoms with Gasteiger partial charge in [-0.1, -0.05) is 18.2 Å².